The zero-order chi connectivity index (χ0) is 14.6. The number of methoxy groups -OCH3 is 1. The van der Waals surface area contributed by atoms with E-state index in [4.69, 9.17) is 16.3 Å². The summed E-state index contributed by atoms with van der Waals surface area (Å²) >= 11 is 6.14. The van der Waals surface area contributed by atoms with Crippen molar-refractivity contribution in [3.63, 3.8) is 0 Å². The van der Waals surface area contributed by atoms with E-state index >= 15 is 0 Å². The molecule has 2 rings (SSSR count). The monoisotopic (exact) mass is 285 g/mol. The number of halogens is 1. The molecular formula is C17H16ClNO. The van der Waals surface area contributed by atoms with Gasteiger partial charge < -0.3 is 4.74 Å². The Labute approximate surface area is 124 Å². The van der Waals surface area contributed by atoms with Crippen LogP contribution >= 0.6 is 11.6 Å². The van der Waals surface area contributed by atoms with E-state index < -0.39 is 5.41 Å². The first kappa shape index (κ1) is 14.4. The molecule has 2 aromatic carbocycles. The maximum absolute atomic E-state index is 9.56. The molecule has 1 atom stereocenters. The normalized spacial score (nSPS) is 13.3. The van der Waals surface area contributed by atoms with Crippen LogP contribution in [0, 0.1) is 11.3 Å². The van der Waals surface area contributed by atoms with Crippen molar-refractivity contribution < 1.29 is 4.74 Å². The fourth-order valence-corrected chi connectivity index (χ4v) is 2.52. The molecule has 0 radical (unpaired) electrons. The molecule has 0 spiro atoms. The topological polar surface area (TPSA) is 33.0 Å². The fourth-order valence-electron chi connectivity index (χ4n) is 2.24. The van der Waals surface area contributed by atoms with Gasteiger partial charge in [-0.25, -0.2) is 0 Å². The Bertz CT molecular complexity index is 633. The molecule has 0 saturated heterocycles. The molecule has 20 heavy (non-hydrogen) atoms. The highest BCUT2D eigenvalue weighted by atomic mass is 35.5. The van der Waals surface area contributed by atoms with Gasteiger partial charge in [0.1, 0.15) is 5.75 Å². The highest BCUT2D eigenvalue weighted by molar-refractivity contribution is 6.32. The summed E-state index contributed by atoms with van der Waals surface area (Å²) in [7, 11) is 1.59. The Morgan fingerprint density at radius 3 is 2.45 bits per heavy atom. The highest BCUT2D eigenvalue weighted by Gasteiger charge is 2.26. The predicted molar refractivity (Wildman–Crippen MR) is 81.1 cm³/mol. The lowest BCUT2D eigenvalue weighted by molar-refractivity contribution is 0.414. The van der Waals surface area contributed by atoms with Crippen molar-refractivity contribution in [2.45, 2.75) is 18.8 Å². The van der Waals surface area contributed by atoms with Crippen molar-refractivity contribution in [3.8, 4) is 11.8 Å². The largest absolute Gasteiger partial charge is 0.495 e. The second kappa shape index (κ2) is 5.98. The van der Waals surface area contributed by atoms with Crippen molar-refractivity contribution in [2.24, 2.45) is 0 Å². The third-order valence-electron chi connectivity index (χ3n) is 3.43. The van der Waals surface area contributed by atoms with E-state index in [0.717, 1.165) is 11.1 Å². The van der Waals surface area contributed by atoms with Crippen LogP contribution in [0.3, 0.4) is 0 Å². The van der Waals surface area contributed by atoms with Gasteiger partial charge in [-0.2, -0.15) is 5.26 Å². The van der Waals surface area contributed by atoms with Crippen LogP contribution in [0.25, 0.3) is 0 Å². The first-order valence-electron chi connectivity index (χ1n) is 6.38. The SMILES string of the molecule is COc1ccc(CC(C)(C#N)c2ccccc2)cc1Cl. The van der Waals surface area contributed by atoms with Gasteiger partial charge in [0.2, 0.25) is 0 Å². The van der Waals surface area contributed by atoms with Crippen LogP contribution in [0.1, 0.15) is 18.1 Å². The number of hydrogen-bond donors (Lipinski definition) is 0. The second-order valence-electron chi connectivity index (χ2n) is 4.96. The van der Waals surface area contributed by atoms with Crippen LogP contribution in [-0.2, 0) is 11.8 Å². The van der Waals surface area contributed by atoms with Gasteiger partial charge in [0.15, 0.2) is 0 Å². The molecule has 102 valence electrons. The Kier molecular flexibility index (Phi) is 4.32. The average Bonchev–Trinajstić information content (AvgIpc) is 2.48. The first-order chi connectivity index (χ1) is 9.59. The van der Waals surface area contributed by atoms with Gasteiger partial charge in [0.25, 0.3) is 0 Å². The summed E-state index contributed by atoms with van der Waals surface area (Å²) in [5.74, 6) is 0.647. The predicted octanol–water partition coefficient (Wildman–Crippen LogP) is 4.37. The van der Waals surface area contributed by atoms with Crippen molar-refractivity contribution in [2.75, 3.05) is 7.11 Å². The molecular weight excluding hydrogens is 270 g/mol. The van der Waals surface area contributed by atoms with Gasteiger partial charge in [0, 0.05) is 0 Å². The highest BCUT2D eigenvalue weighted by Crippen LogP contribution is 2.31. The molecule has 0 fully saturated rings. The van der Waals surface area contributed by atoms with E-state index in [1.807, 2.05) is 55.5 Å². The minimum absolute atomic E-state index is 0.568. The summed E-state index contributed by atoms with van der Waals surface area (Å²) in [6, 6.07) is 17.9. The van der Waals surface area contributed by atoms with Crippen molar-refractivity contribution in [3.05, 3.63) is 64.7 Å². The summed E-state index contributed by atoms with van der Waals surface area (Å²) in [6.07, 6.45) is 0.608. The Morgan fingerprint density at radius 1 is 1.20 bits per heavy atom. The van der Waals surface area contributed by atoms with E-state index in [0.29, 0.717) is 17.2 Å². The van der Waals surface area contributed by atoms with Crippen LogP contribution in [0.4, 0.5) is 0 Å². The molecule has 3 heteroatoms. The molecule has 2 aromatic rings. The molecule has 2 nitrogen and oxygen atoms in total. The molecule has 0 N–H and O–H groups in total. The summed E-state index contributed by atoms with van der Waals surface area (Å²) in [5, 5.41) is 10.1. The van der Waals surface area contributed by atoms with Crippen LogP contribution in [0.5, 0.6) is 5.75 Å². The third-order valence-corrected chi connectivity index (χ3v) is 3.73. The molecule has 0 aliphatic rings. The zero-order valence-electron chi connectivity index (χ0n) is 11.6. The summed E-state index contributed by atoms with van der Waals surface area (Å²) in [5.41, 5.74) is 1.46. The molecule has 0 amide bonds. The van der Waals surface area contributed by atoms with Crippen LogP contribution in [-0.4, -0.2) is 7.11 Å². The van der Waals surface area contributed by atoms with E-state index in [9.17, 15) is 5.26 Å². The Hall–Kier alpha value is -1.98. The fraction of sp³-hybridized carbons (Fsp3) is 0.235. The average molecular weight is 286 g/mol. The molecule has 0 aliphatic heterocycles. The standard InChI is InChI=1S/C17H16ClNO/c1-17(12-19,14-6-4-3-5-7-14)11-13-8-9-16(20-2)15(18)10-13/h3-10H,11H2,1-2H3. The van der Waals surface area contributed by atoms with Crippen molar-refractivity contribution in [1.29, 1.82) is 5.26 Å². The maximum atomic E-state index is 9.56. The van der Waals surface area contributed by atoms with Gasteiger partial charge in [0.05, 0.1) is 23.6 Å². The van der Waals surface area contributed by atoms with Crippen LogP contribution in [0.15, 0.2) is 48.5 Å². The lowest BCUT2D eigenvalue weighted by atomic mass is 9.79. The van der Waals surface area contributed by atoms with E-state index in [-0.39, 0.29) is 0 Å². The van der Waals surface area contributed by atoms with Crippen LogP contribution < -0.4 is 4.74 Å². The number of nitrogens with zero attached hydrogens (tertiary/aromatic N) is 1. The van der Waals surface area contributed by atoms with E-state index in [1.165, 1.54) is 0 Å². The number of hydrogen-bond acceptors (Lipinski definition) is 2. The van der Waals surface area contributed by atoms with Gasteiger partial charge >= 0.3 is 0 Å². The number of benzene rings is 2. The van der Waals surface area contributed by atoms with E-state index in [2.05, 4.69) is 6.07 Å². The zero-order valence-corrected chi connectivity index (χ0v) is 12.3. The molecule has 0 saturated carbocycles. The van der Waals surface area contributed by atoms with E-state index in [1.54, 1.807) is 7.11 Å². The third kappa shape index (κ3) is 2.95. The van der Waals surface area contributed by atoms with Gasteiger partial charge in [-0.15, -0.1) is 0 Å². The Morgan fingerprint density at radius 2 is 1.90 bits per heavy atom. The van der Waals surface area contributed by atoms with Crippen molar-refractivity contribution >= 4 is 11.6 Å². The molecule has 0 bridgehead atoms. The lowest BCUT2D eigenvalue weighted by Gasteiger charge is -2.22. The van der Waals surface area contributed by atoms with Gasteiger partial charge in [-0.3, -0.25) is 0 Å². The van der Waals surface area contributed by atoms with Gasteiger partial charge in [-0.05, 0) is 36.6 Å². The number of nitriles is 1. The quantitative estimate of drug-likeness (QED) is 0.835. The van der Waals surface area contributed by atoms with Crippen molar-refractivity contribution in [1.82, 2.24) is 0 Å². The minimum atomic E-state index is -0.570. The van der Waals surface area contributed by atoms with Crippen LogP contribution in [0.2, 0.25) is 5.02 Å². The molecule has 0 heterocycles. The number of ether oxygens (including phenoxy) is 1. The summed E-state index contributed by atoms with van der Waals surface area (Å²) < 4.78 is 5.14. The maximum Gasteiger partial charge on any atom is 0.137 e. The first-order valence-corrected chi connectivity index (χ1v) is 6.76. The Balaban J connectivity index is 2.32. The lowest BCUT2D eigenvalue weighted by Crippen LogP contribution is -2.22. The molecule has 1 unspecified atom stereocenters. The molecule has 0 aromatic heterocycles. The second-order valence-corrected chi connectivity index (χ2v) is 5.36. The summed E-state index contributed by atoms with van der Waals surface area (Å²) in [6.45, 7) is 1.94. The smallest absolute Gasteiger partial charge is 0.137 e. The minimum Gasteiger partial charge on any atom is -0.495 e. The summed E-state index contributed by atoms with van der Waals surface area (Å²) in [4.78, 5) is 0. The van der Waals surface area contributed by atoms with Gasteiger partial charge in [-0.1, -0.05) is 48.0 Å². The molecule has 0 aliphatic carbocycles. The number of rotatable bonds is 4.